The predicted molar refractivity (Wildman–Crippen MR) is 84.9 cm³/mol. The molecule has 0 aliphatic heterocycles. The van der Waals surface area contributed by atoms with Crippen molar-refractivity contribution in [3.8, 4) is 0 Å². The Morgan fingerprint density at radius 3 is 2.57 bits per heavy atom. The normalized spacial score (nSPS) is 18.2. The van der Waals surface area contributed by atoms with Crippen LogP contribution in [0.25, 0.3) is 0 Å². The Labute approximate surface area is 134 Å². The Morgan fingerprint density at radius 2 is 1.95 bits per heavy atom. The van der Waals surface area contributed by atoms with E-state index in [0.29, 0.717) is 12.2 Å². The van der Waals surface area contributed by atoms with Crippen LogP contribution in [0.1, 0.15) is 51.0 Å². The van der Waals surface area contributed by atoms with Crippen LogP contribution in [-0.2, 0) is 16.0 Å². The molecule has 0 radical (unpaired) electrons. The van der Waals surface area contributed by atoms with Crippen molar-refractivity contribution in [3.63, 3.8) is 0 Å². The third-order valence-electron chi connectivity index (χ3n) is 4.20. The third-order valence-corrected chi connectivity index (χ3v) is 4.69. The lowest BCUT2D eigenvalue weighted by molar-refractivity contribution is -0.145. The van der Waals surface area contributed by atoms with Gasteiger partial charge in [0.25, 0.3) is 0 Å². The van der Waals surface area contributed by atoms with Gasteiger partial charge < -0.3 is 4.74 Å². The molecule has 0 bridgehead atoms. The van der Waals surface area contributed by atoms with E-state index in [-0.39, 0.29) is 18.0 Å². The summed E-state index contributed by atoms with van der Waals surface area (Å²) in [5.41, 5.74) is -0.266. The first-order valence-electron chi connectivity index (χ1n) is 7.68. The molecule has 1 aliphatic carbocycles. The lowest BCUT2D eigenvalue weighted by Crippen LogP contribution is -2.42. The van der Waals surface area contributed by atoms with Gasteiger partial charge in [-0.2, -0.15) is 0 Å². The molecule has 1 aliphatic rings. The van der Waals surface area contributed by atoms with Crippen molar-refractivity contribution in [2.75, 3.05) is 6.61 Å². The maximum absolute atomic E-state index is 13.9. The van der Waals surface area contributed by atoms with Gasteiger partial charge in [-0.1, -0.05) is 41.6 Å². The minimum absolute atomic E-state index is 0.0169. The number of hydrogen-bond donors (Lipinski definition) is 0. The molecule has 0 saturated heterocycles. The number of carbonyl (C=O) groups excluding carboxylic acids is 1. The number of ether oxygens (including phenoxy) is 1. The topological polar surface area (TPSA) is 26.3 Å². The molecule has 0 unspecified atom stereocenters. The number of carbonyl (C=O) groups is 1. The van der Waals surface area contributed by atoms with Gasteiger partial charge in [0.1, 0.15) is 11.4 Å². The SMILES string of the molecule is CCOC1(C(=O)Cc2cc(Br)ccc2F)CCCCCC1. The Hall–Kier alpha value is -0.740. The maximum atomic E-state index is 13.9. The average molecular weight is 357 g/mol. The van der Waals surface area contributed by atoms with Gasteiger partial charge in [0.15, 0.2) is 5.78 Å². The number of Topliss-reactive ketones (excluding diaryl/α,β-unsaturated/α-hetero) is 1. The molecule has 1 fully saturated rings. The summed E-state index contributed by atoms with van der Waals surface area (Å²) in [7, 11) is 0. The number of hydrogen-bond acceptors (Lipinski definition) is 2. The van der Waals surface area contributed by atoms with Gasteiger partial charge in [-0.15, -0.1) is 0 Å². The van der Waals surface area contributed by atoms with Gasteiger partial charge in [-0.3, -0.25) is 4.79 Å². The maximum Gasteiger partial charge on any atom is 0.169 e. The zero-order chi connectivity index (χ0) is 15.3. The van der Waals surface area contributed by atoms with Crippen molar-refractivity contribution in [2.45, 2.75) is 57.5 Å². The standard InChI is InChI=1S/C17H22BrFO2/c1-2-21-17(9-5-3-4-6-10-17)16(20)12-13-11-14(18)7-8-15(13)19/h7-8,11H,2-6,9-10,12H2,1H3. The van der Waals surface area contributed by atoms with E-state index in [0.717, 1.165) is 43.0 Å². The fourth-order valence-electron chi connectivity index (χ4n) is 3.09. The van der Waals surface area contributed by atoms with E-state index >= 15 is 0 Å². The first-order valence-corrected chi connectivity index (χ1v) is 8.48. The largest absolute Gasteiger partial charge is 0.367 e. The summed E-state index contributed by atoms with van der Waals surface area (Å²) in [5, 5.41) is 0. The van der Waals surface area contributed by atoms with Crippen LogP contribution >= 0.6 is 15.9 Å². The van der Waals surface area contributed by atoms with Crippen molar-refractivity contribution >= 4 is 21.7 Å². The van der Waals surface area contributed by atoms with Crippen molar-refractivity contribution in [1.82, 2.24) is 0 Å². The van der Waals surface area contributed by atoms with Gasteiger partial charge in [0.05, 0.1) is 0 Å². The first kappa shape index (κ1) is 16.6. The van der Waals surface area contributed by atoms with Crippen LogP contribution in [0.3, 0.4) is 0 Å². The van der Waals surface area contributed by atoms with E-state index in [9.17, 15) is 9.18 Å². The van der Waals surface area contributed by atoms with E-state index < -0.39 is 5.60 Å². The highest BCUT2D eigenvalue weighted by Gasteiger charge is 2.38. The van der Waals surface area contributed by atoms with E-state index in [4.69, 9.17) is 4.74 Å². The van der Waals surface area contributed by atoms with Gasteiger partial charge >= 0.3 is 0 Å². The molecule has 1 saturated carbocycles. The van der Waals surface area contributed by atoms with Crippen LogP contribution in [0.15, 0.2) is 22.7 Å². The minimum Gasteiger partial charge on any atom is -0.367 e. The molecule has 0 amide bonds. The zero-order valence-electron chi connectivity index (χ0n) is 12.5. The molecule has 2 nitrogen and oxygen atoms in total. The Balaban J connectivity index is 2.20. The van der Waals surface area contributed by atoms with Crippen LogP contribution in [-0.4, -0.2) is 18.0 Å². The first-order chi connectivity index (χ1) is 10.1. The van der Waals surface area contributed by atoms with Crippen LogP contribution < -0.4 is 0 Å². The second-order valence-electron chi connectivity index (χ2n) is 5.68. The van der Waals surface area contributed by atoms with Crippen LogP contribution in [0, 0.1) is 5.82 Å². The Bertz CT molecular complexity index is 494. The quantitative estimate of drug-likeness (QED) is 0.706. The fraction of sp³-hybridized carbons (Fsp3) is 0.588. The lowest BCUT2D eigenvalue weighted by Gasteiger charge is -2.31. The Kier molecular flexibility index (Phi) is 5.94. The molecule has 0 N–H and O–H groups in total. The molecule has 21 heavy (non-hydrogen) atoms. The highest BCUT2D eigenvalue weighted by Crippen LogP contribution is 2.33. The van der Waals surface area contributed by atoms with Crippen molar-refractivity contribution in [1.29, 1.82) is 0 Å². The number of halogens is 2. The van der Waals surface area contributed by atoms with E-state index in [1.807, 2.05) is 6.92 Å². The van der Waals surface area contributed by atoms with Crippen molar-refractivity contribution in [2.24, 2.45) is 0 Å². The molecule has 1 aromatic carbocycles. The van der Waals surface area contributed by atoms with E-state index in [1.54, 1.807) is 12.1 Å². The zero-order valence-corrected chi connectivity index (χ0v) is 14.0. The molecule has 0 heterocycles. The van der Waals surface area contributed by atoms with Crippen LogP contribution in [0.2, 0.25) is 0 Å². The van der Waals surface area contributed by atoms with Crippen LogP contribution in [0.5, 0.6) is 0 Å². The molecule has 0 aromatic heterocycles. The second-order valence-corrected chi connectivity index (χ2v) is 6.59. The van der Waals surface area contributed by atoms with Crippen molar-refractivity contribution < 1.29 is 13.9 Å². The lowest BCUT2D eigenvalue weighted by atomic mass is 9.86. The van der Waals surface area contributed by atoms with Gasteiger partial charge in [0, 0.05) is 17.5 Å². The van der Waals surface area contributed by atoms with E-state index in [1.165, 1.54) is 6.07 Å². The molecule has 1 aromatic rings. The molecule has 116 valence electrons. The summed E-state index contributed by atoms with van der Waals surface area (Å²) in [6.07, 6.45) is 5.93. The molecule has 0 atom stereocenters. The third kappa shape index (κ3) is 4.13. The van der Waals surface area contributed by atoms with Crippen molar-refractivity contribution in [3.05, 3.63) is 34.1 Å². The Morgan fingerprint density at radius 1 is 1.29 bits per heavy atom. The number of ketones is 1. The number of benzene rings is 1. The summed E-state index contributed by atoms with van der Waals surface area (Å²) in [5.74, 6) is -0.310. The smallest absolute Gasteiger partial charge is 0.169 e. The highest BCUT2D eigenvalue weighted by molar-refractivity contribution is 9.10. The molecule has 2 rings (SSSR count). The van der Waals surface area contributed by atoms with Gasteiger partial charge in [-0.25, -0.2) is 4.39 Å². The van der Waals surface area contributed by atoms with Crippen LogP contribution in [0.4, 0.5) is 4.39 Å². The average Bonchev–Trinajstić information content (AvgIpc) is 2.70. The molecular formula is C17H22BrFO2. The molecular weight excluding hydrogens is 335 g/mol. The summed E-state index contributed by atoms with van der Waals surface area (Å²) in [6, 6.07) is 4.73. The summed E-state index contributed by atoms with van der Waals surface area (Å²) in [4.78, 5) is 12.8. The molecule has 4 heteroatoms. The molecule has 0 spiro atoms. The summed E-state index contributed by atoms with van der Waals surface area (Å²) in [6.45, 7) is 2.44. The van der Waals surface area contributed by atoms with E-state index in [2.05, 4.69) is 15.9 Å². The van der Waals surface area contributed by atoms with Gasteiger partial charge in [-0.05, 0) is 43.5 Å². The summed E-state index contributed by atoms with van der Waals surface area (Å²) >= 11 is 3.33. The fourth-order valence-corrected chi connectivity index (χ4v) is 3.50. The predicted octanol–water partition coefficient (Wildman–Crippen LogP) is 4.83. The monoisotopic (exact) mass is 356 g/mol. The minimum atomic E-state index is -0.708. The number of rotatable bonds is 5. The summed E-state index contributed by atoms with van der Waals surface area (Å²) < 4.78 is 20.5. The second kappa shape index (κ2) is 7.50. The highest BCUT2D eigenvalue weighted by atomic mass is 79.9. The van der Waals surface area contributed by atoms with Gasteiger partial charge in [0.2, 0.25) is 0 Å².